The molecule has 10 heteroatoms. The summed E-state index contributed by atoms with van der Waals surface area (Å²) in [6, 6.07) is 3.81. The van der Waals surface area contributed by atoms with Gasteiger partial charge in [0.2, 0.25) is 5.91 Å². The third-order valence-corrected chi connectivity index (χ3v) is 3.54. The van der Waals surface area contributed by atoms with Crippen LogP contribution < -0.4 is 15.4 Å². The van der Waals surface area contributed by atoms with Gasteiger partial charge in [0.1, 0.15) is 18.5 Å². The molecule has 0 radical (unpaired) electrons. The van der Waals surface area contributed by atoms with Gasteiger partial charge < -0.3 is 25.6 Å². The van der Waals surface area contributed by atoms with E-state index in [0.29, 0.717) is 13.0 Å². The molecule has 0 saturated carbocycles. The standard InChI is InChI=1S/C15H19F3N2O4.ClH/c16-15(17,18)9-2-1-3-12(4-9)24-8-11(22)7-20-14(23)13-5-10(21)6-19-13;/h1-4,10-11,13,19,21-22H,5-8H2,(H,20,23);1H. The fourth-order valence-corrected chi connectivity index (χ4v) is 2.27. The molecular weight excluding hydrogens is 365 g/mol. The molecule has 1 saturated heterocycles. The number of aliphatic hydroxyl groups excluding tert-OH is 2. The van der Waals surface area contributed by atoms with Crippen LogP contribution in [0, 0.1) is 0 Å². The molecule has 4 N–H and O–H groups in total. The number of benzene rings is 1. The number of alkyl halides is 3. The number of nitrogens with one attached hydrogen (secondary N) is 2. The molecule has 1 aromatic carbocycles. The van der Waals surface area contributed by atoms with Crippen molar-refractivity contribution in [2.75, 3.05) is 19.7 Å². The lowest BCUT2D eigenvalue weighted by Gasteiger charge is -2.16. The first-order chi connectivity index (χ1) is 11.3. The summed E-state index contributed by atoms with van der Waals surface area (Å²) >= 11 is 0. The van der Waals surface area contributed by atoms with Crippen LogP contribution in [0.3, 0.4) is 0 Å². The number of hydrogen-bond acceptors (Lipinski definition) is 5. The Labute approximate surface area is 148 Å². The summed E-state index contributed by atoms with van der Waals surface area (Å²) in [5.41, 5.74) is -0.839. The Morgan fingerprint density at radius 3 is 2.76 bits per heavy atom. The Morgan fingerprint density at radius 2 is 2.16 bits per heavy atom. The molecule has 0 bridgehead atoms. The number of hydrogen-bond donors (Lipinski definition) is 4. The zero-order valence-electron chi connectivity index (χ0n) is 13.1. The third-order valence-electron chi connectivity index (χ3n) is 3.54. The third kappa shape index (κ3) is 6.69. The molecule has 6 nitrogen and oxygen atoms in total. The first kappa shape index (κ1) is 21.5. The van der Waals surface area contributed by atoms with Crippen LogP contribution in [-0.4, -0.2) is 54.1 Å². The van der Waals surface area contributed by atoms with Crippen molar-refractivity contribution in [1.82, 2.24) is 10.6 Å². The number of halogens is 4. The normalized spacial score (nSPS) is 21.3. The minimum absolute atomic E-state index is 0. The highest BCUT2D eigenvalue weighted by molar-refractivity contribution is 5.85. The van der Waals surface area contributed by atoms with Crippen LogP contribution in [0.5, 0.6) is 5.75 Å². The van der Waals surface area contributed by atoms with Gasteiger partial charge in [0.15, 0.2) is 0 Å². The Bertz CT molecular complexity index is 574. The highest BCUT2D eigenvalue weighted by Crippen LogP contribution is 2.31. The number of ether oxygens (including phenoxy) is 1. The second-order valence-corrected chi connectivity index (χ2v) is 5.59. The lowest BCUT2D eigenvalue weighted by Crippen LogP contribution is -2.44. The summed E-state index contributed by atoms with van der Waals surface area (Å²) in [7, 11) is 0. The Hall–Kier alpha value is -1.55. The zero-order chi connectivity index (χ0) is 17.7. The van der Waals surface area contributed by atoms with E-state index in [1.54, 1.807) is 0 Å². The molecule has 1 amide bonds. The van der Waals surface area contributed by atoms with Crippen LogP contribution >= 0.6 is 12.4 Å². The highest BCUT2D eigenvalue weighted by atomic mass is 35.5. The van der Waals surface area contributed by atoms with Crippen molar-refractivity contribution in [2.45, 2.75) is 30.8 Å². The Morgan fingerprint density at radius 1 is 1.44 bits per heavy atom. The smallest absolute Gasteiger partial charge is 0.416 e. The molecule has 1 aromatic rings. The van der Waals surface area contributed by atoms with Gasteiger partial charge >= 0.3 is 6.18 Å². The summed E-state index contributed by atoms with van der Waals surface area (Å²) in [4.78, 5) is 11.8. The van der Waals surface area contributed by atoms with Crippen molar-refractivity contribution in [3.8, 4) is 5.75 Å². The predicted molar refractivity (Wildman–Crippen MR) is 85.6 cm³/mol. The highest BCUT2D eigenvalue weighted by Gasteiger charge is 2.31. The van der Waals surface area contributed by atoms with E-state index in [1.807, 2.05) is 0 Å². The zero-order valence-corrected chi connectivity index (χ0v) is 13.9. The molecule has 3 atom stereocenters. The summed E-state index contributed by atoms with van der Waals surface area (Å²) in [6.07, 6.45) is -5.82. The summed E-state index contributed by atoms with van der Waals surface area (Å²) in [5.74, 6) is -0.375. The monoisotopic (exact) mass is 384 g/mol. The van der Waals surface area contributed by atoms with Gasteiger partial charge in [-0.05, 0) is 24.6 Å². The minimum atomic E-state index is -4.47. The van der Waals surface area contributed by atoms with Gasteiger partial charge in [0.25, 0.3) is 0 Å². The van der Waals surface area contributed by atoms with Crippen molar-refractivity contribution >= 4 is 18.3 Å². The van der Waals surface area contributed by atoms with Gasteiger partial charge in [-0.3, -0.25) is 4.79 Å². The van der Waals surface area contributed by atoms with Crippen LogP contribution in [-0.2, 0) is 11.0 Å². The number of aliphatic hydroxyl groups is 2. The van der Waals surface area contributed by atoms with Crippen molar-refractivity contribution in [3.63, 3.8) is 0 Å². The average molecular weight is 385 g/mol. The molecule has 25 heavy (non-hydrogen) atoms. The summed E-state index contributed by atoms with van der Waals surface area (Å²) < 4.78 is 42.8. The summed E-state index contributed by atoms with van der Waals surface area (Å²) in [6.45, 7) is -0.0340. The number of β-amino-alcohol motifs (C(OH)–C–C–N with tert-alkyl or cyclic N) is 1. The quantitative estimate of drug-likeness (QED) is 0.580. The first-order valence-corrected chi connectivity index (χ1v) is 7.43. The first-order valence-electron chi connectivity index (χ1n) is 7.43. The summed E-state index contributed by atoms with van der Waals surface area (Å²) in [5, 5.41) is 24.4. The maximum absolute atomic E-state index is 12.6. The van der Waals surface area contributed by atoms with E-state index >= 15 is 0 Å². The molecule has 2 rings (SSSR count). The van der Waals surface area contributed by atoms with E-state index in [2.05, 4.69) is 10.6 Å². The number of rotatable bonds is 6. The van der Waals surface area contributed by atoms with Crippen molar-refractivity contribution < 1.29 is 32.9 Å². The molecule has 0 aromatic heterocycles. The number of amides is 1. The Balaban J connectivity index is 0.00000312. The van der Waals surface area contributed by atoms with Gasteiger partial charge in [-0.1, -0.05) is 6.07 Å². The van der Waals surface area contributed by atoms with Crippen LogP contribution in [0.25, 0.3) is 0 Å². The molecule has 1 aliphatic rings. The molecule has 1 heterocycles. The molecule has 0 spiro atoms. The maximum atomic E-state index is 12.6. The van der Waals surface area contributed by atoms with Crippen molar-refractivity contribution in [2.24, 2.45) is 0 Å². The van der Waals surface area contributed by atoms with E-state index in [1.165, 1.54) is 12.1 Å². The SMILES string of the molecule is Cl.O=C(NCC(O)COc1cccc(C(F)(F)F)c1)C1CC(O)CN1. The predicted octanol–water partition coefficient (Wildman–Crippen LogP) is 0.706. The second-order valence-electron chi connectivity index (χ2n) is 5.59. The lowest BCUT2D eigenvalue weighted by molar-refractivity contribution is -0.137. The van der Waals surface area contributed by atoms with Crippen LogP contribution in [0.4, 0.5) is 13.2 Å². The van der Waals surface area contributed by atoms with Gasteiger partial charge in [-0.25, -0.2) is 0 Å². The lowest BCUT2D eigenvalue weighted by atomic mass is 10.2. The maximum Gasteiger partial charge on any atom is 0.416 e. The van der Waals surface area contributed by atoms with Crippen molar-refractivity contribution in [3.05, 3.63) is 29.8 Å². The molecular formula is C15H20ClF3N2O4. The molecule has 3 unspecified atom stereocenters. The average Bonchev–Trinajstić information content (AvgIpc) is 2.96. The van der Waals surface area contributed by atoms with E-state index in [-0.39, 0.29) is 37.2 Å². The van der Waals surface area contributed by atoms with E-state index in [9.17, 15) is 28.2 Å². The van der Waals surface area contributed by atoms with Crippen LogP contribution in [0.15, 0.2) is 24.3 Å². The molecule has 0 aliphatic carbocycles. The van der Waals surface area contributed by atoms with Gasteiger partial charge in [0.05, 0.1) is 17.7 Å². The number of carbonyl (C=O) groups excluding carboxylic acids is 1. The fourth-order valence-electron chi connectivity index (χ4n) is 2.27. The number of carbonyl (C=O) groups is 1. The van der Waals surface area contributed by atoms with Crippen LogP contribution in [0.2, 0.25) is 0 Å². The Kier molecular flexibility index (Phi) is 7.94. The van der Waals surface area contributed by atoms with E-state index < -0.39 is 30.0 Å². The van der Waals surface area contributed by atoms with Gasteiger partial charge in [-0.15, -0.1) is 12.4 Å². The van der Waals surface area contributed by atoms with E-state index in [0.717, 1.165) is 12.1 Å². The molecule has 1 fully saturated rings. The molecule has 142 valence electrons. The largest absolute Gasteiger partial charge is 0.491 e. The molecule has 1 aliphatic heterocycles. The van der Waals surface area contributed by atoms with Crippen LogP contribution in [0.1, 0.15) is 12.0 Å². The fraction of sp³-hybridized carbons (Fsp3) is 0.533. The van der Waals surface area contributed by atoms with E-state index in [4.69, 9.17) is 4.74 Å². The van der Waals surface area contributed by atoms with Gasteiger partial charge in [0, 0.05) is 13.1 Å². The topological polar surface area (TPSA) is 90.8 Å². The minimum Gasteiger partial charge on any atom is -0.491 e. The van der Waals surface area contributed by atoms with Crippen molar-refractivity contribution in [1.29, 1.82) is 0 Å². The second kappa shape index (κ2) is 9.23. The van der Waals surface area contributed by atoms with Gasteiger partial charge in [-0.2, -0.15) is 13.2 Å².